The number of allylic oxidation sites excluding steroid dienone is 2. The minimum Gasteiger partial charge on any atom is -0.391 e. The summed E-state index contributed by atoms with van der Waals surface area (Å²) >= 11 is 1.56. The fourth-order valence-corrected chi connectivity index (χ4v) is 13.2. The van der Waals surface area contributed by atoms with Gasteiger partial charge in [0.1, 0.15) is 17.9 Å². The number of halogens is 2. The summed E-state index contributed by atoms with van der Waals surface area (Å²) in [5.74, 6) is -4.11. The van der Waals surface area contributed by atoms with Crippen molar-refractivity contribution in [3.05, 3.63) is 147 Å². The van der Waals surface area contributed by atoms with Gasteiger partial charge in [-0.3, -0.25) is 43.0 Å². The number of thiazole rings is 1. The molecule has 5 amide bonds. The molecule has 18 nitrogen and oxygen atoms in total. The van der Waals surface area contributed by atoms with Gasteiger partial charge in [0.05, 0.1) is 46.6 Å². The van der Waals surface area contributed by atoms with Crippen LogP contribution in [0.5, 0.6) is 0 Å². The lowest BCUT2D eigenvalue weighted by Crippen LogP contribution is -2.54. The summed E-state index contributed by atoms with van der Waals surface area (Å²) in [5.41, 5.74) is 9.30. The first-order chi connectivity index (χ1) is 41.6. The summed E-state index contributed by atoms with van der Waals surface area (Å²) in [6, 6.07) is 23.0. The Morgan fingerprint density at radius 1 is 0.898 bits per heavy atom. The minimum atomic E-state index is -5.78. The third kappa shape index (κ3) is 16.4. The number of amides is 5. The number of carbonyl (C=O) groups is 7. The van der Waals surface area contributed by atoms with E-state index in [1.165, 1.54) is 28.0 Å². The molecule has 22 heteroatoms. The third-order valence-electron chi connectivity index (χ3n) is 17.1. The van der Waals surface area contributed by atoms with Crippen LogP contribution in [-0.4, -0.2) is 103 Å². The average Bonchev–Trinajstić information content (AvgIpc) is 2.16. The summed E-state index contributed by atoms with van der Waals surface area (Å²) in [4.78, 5) is 123. The topological polar surface area (TPSA) is 276 Å². The van der Waals surface area contributed by atoms with E-state index in [2.05, 4.69) is 15.6 Å². The second-order valence-electron chi connectivity index (χ2n) is 24.6. The number of para-hydroxylation sites is 1. The molecule has 4 aromatic carbocycles. The number of carbonyl (C=O) groups excluding carboxylic acids is 7. The number of nitrogens with zero attached hydrogens (tertiary/aromatic N) is 3. The number of ether oxygens (including phenoxy) is 1. The van der Waals surface area contributed by atoms with Crippen LogP contribution < -0.4 is 21.3 Å². The molecule has 8 rings (SSSR count). The highest BCUT2D eigenvalue weighted by Gasteiger charge is 2.51. The van der Waals surface area contributed by atoms with Crippen molar-refractivity contribution in [1.29, 1.82) is 0 Å². The van der Waals surface area contributed by atoms with Crippen LogP contribution in [0.3, 0.4) is 0 Å². The molecule has 0 aliphatic carbocycles. The van der Waals surface area contributed by atoms with Gasteiger partial charge in [-0.15, -0.1) is 11.3 Å². The number of rotatable bonds is 27. The minimum absolute atomic E-state index is 0.00811. The lowest BCUT2D eigenvalue weighted by molar-refractivity contribution is -0.146. The Balaban J connectivity index is 0.810. The number of ketones is 2. The predicted octanol–water partition coefficient (Wildman–Crippen LogP) is 9.20. The fraction of sp³-hybridized carbons (Fsp3) is 0.455. The van der Waals surface area contributed by atoms with E-state index in [0.717, 1.165) is 56.1 Å². The Labute approximate surface area is 515 Å². The molecule has 3 aliphatic heterocycles. The first-order valence-electron chi connectivity index (χ1n) is 29.8. The van der Waals surface area contributed by atoms with Gasteiger partial charge in [0, 0.05) is 69.0 Å². The molecule has 3 aliphatic rings. The number of hydrogen-bond acceptors (Lipinski definition) is 12. The Hall–Kier alpha value is -7.13. The van der Waals surface area contributed by atoms with Gasteiger partial charge in [-0.2, -0.15) is 8.78 Å². The molecule has 88 heavy (non-hydrogen) atoms. The quantitative estimate of drug-likeness (QED) is 0.0163. The van der Waals surface area contributed by atoms with Crippen LogP contribution in [0, 0.1) is 24.2 Å². The van der Waals surface area contributed by atoms with Crippen molar-refractivity contribution >= 4 is 71.3 Å². The molecule has 5 aromatic rings. The van der Waals surface area contributed by atoms with E-state index in [9.17, 15) is 52.0 Å². The van der Waals surface area contributed by atoms with Crippen LogP contribution in [0.25, 0.3) is 16.0 Å². The maximum Gasteiger partial charge on any atom is 0.399 e. The maximum atomic E-state index is 14.5. The molecular weight excluding hydrogens is 1170 g/mol. The van der Waals surface area contributed by atoms with E-state index in [1.54, 1.807) is 30.7 Å². The van der Waals surface area contributed by atoms with Crippen molar-refractivity contribution in [1.82, 2.24) is 20.5 Å². The second kappa shape index (κ2) is 28.6. The zero-order chi connectivity index (χ0) is 63.8. The number of aliphatic hydroxyl groups is 1. The number of anilines is 1. The number of β-amino-alcohol motifs (C(OH)–C–C–N with tert-alkyl or cyclic N) is 1. The summed E-state index contributed by atoms with van der Waals surface area (Å²) in [6.45, 7) is 11.5. The van der Waals surface area contributed by atoms with Crippen LogP contribution in [0.2, 0.25) is 0 Å². The average molecular weight is 1250 g/mol. The number of benzene rings is 4. The predicted molar refractivity (Wildman–Crippen MR) is 330 cm³/mol. The van der Waals surface area contributed by atoms with Crippen LogP contribution in [0.1, 0.15) is 137 Å². The van der Waals surface area contributed by atoms with Gasteiger partial charge < -0.3 is 40.9 Å². The number of aromatic nitrogens is 1. The van der Waals surface area contributed by atoms with Gasteiger partial charge >= 0.3 is 13.3 Å². The number of aliphatic hydroxyl groups excluding tert-OH is 1. The number of nitrogens with two attached hydrogens (primary N) is 1. The van der Waals surface area contributed by atoms with E-state index in [1.807, 2.05) is 94.4 Å². The van der Waals surface area contributed by atoms with Gasteiger partial charge in [-0.05, 0) is 115 Å². The number of alkyl halides is 2. The lowest BCUT2D eigenvalue weighted by Gasteiger charge is -2.34. The SMILES string of the molecule is C/C(=C\C(=O)C[C@H]1CCc2cccc3c2N(C1=O)[C@H](C(=O)N[C@@H](CCC(N)=O)[C@@H](C)OCc1ccc(CCCCC(=O)C[C@H](C(=O)N2C[C@@H](O)C[C@H]2C(=O)NCc2ccc(-c4scnc4C)cc2)C(C)(C)C)cc1)C3)c1ccc(C(F)(F)P(=O)(O)O)cc1. The van der Waals surface area contributed by atoms with Crippen molar-refractivity contribution in [3.8, 4) is 10.4 Å². The number of hydrogen-bond donors (Lipinski definition) is 6. The van der Waals surface area contributed by atoms with Crippen molar-refractivity contribution in [3.63, 3.8) is 0 Å². The first-order valence-corrected chi connectivity index (χ1v) is 32.3. The van der Waals surface area contributed by atoms with Gasteiger partial charge in [-0.1, -0.05) is 112 Å². The number of nitrogens with one attached hydrogen (secondary N) is 2. The van der Waals surface area contributed by atoms with Crippen molar-refractivity contribution in [2.75, 3.05) is 11.4 Å². The second-order valence-corrected chi connectivity index (χ2v) is 27.2. The first kappa shape index (κ1) is 66.8. The fourth-order valence-electron chi connectivity index (χ4n) is 11.9. The molecule has 7 atom stereocenters. The highest BCUT2D eigenvalue weighted by atomic mass is 32.1. The van der Waals surface area contributed by atoms with Crippen molar-refractivity contribution in [2.24, 2.45) is 23.0 Å². The monoisotopic (exact) mass is 1250 g/mol. The Kier molecular flexibility index (Phi) is 21.7. The molecule has 1 fully saturated rings. The van der Waals surface area contributed by atoms with Crippen LogP contribution in [0.15, 0.2) is 103 Å². The number of unbranched alkanes of at least 4 members (excludes halogenated alkanes) is 1. The summed E-state index contributed by atoms with van der Waals surface area (Å²) in [7, 11) is -5.78. The van der Waals surface area contributed by atoms with Gasteiger partial charge in [0.15, 0.2) is 5.78 Å². The number of Topliss-reactive ketones (excluding diaryl/α,β-unsaturated/α-hetero) is 1. The standard InChI is InChI=1S/C66H79F2N6O12PS/c1-39(45-24-26-50(27-25-45)66(67,68)87(83,84)85)30-52(76)31-49-23-22-46-11-9-12-48-32-57(74(59(46)48)63(49)81)62(80)72-55(28-29-58(69)78)41(3)86-37-44-16-14-42(15-17-44)10-7-8-13-51(75)33-54(65(4,5)6)64(82)73-36-53(77)34-56(73)61(79)70-35-43-18-20-47(21-19-43)60-40(2)71-38-88-60/h9,11-12,14-21,24-27,30,38,41,49,53-57,77H,7-8,10,13,22-23,28-29,31-37H2,1-6H3,(H2,69,78)(H,70,79)(H,72,80)(H2,83,84,85)/b39-30+/t41-,49-,53+,54-,55+,56+,57+/m1/s1. The normalized spacial score (nSPS) is 18.9. The van der Waals surface area contributed by atoms with E-state index >= 15 is 0 Å². The van der Waals surface area contributed by atoms with Gasteiger partial charge in [0.25, 0.3) is 0 Å². The Bertz CT molecular complexity index is 3450. The van der Waals surface area contributed by atoms with Gasteiger partial charge in [-0.25, -0.2) is 4.98 Å². The molecule has 0 spiro atoms. The molecule has 0 radical (unpaired) electrons. The number of likely N-dealkylation sites (tertiary alicyclic amines) is 1. The molecule has 0 saturated carbocycles. The Morgan fingerprint density at radius 3 is 2.22 bits per heavy atom. The molecule has 4 heterocycles. The number of aryl methyl sites for hydroxylation is 3. The highest BCUT2D eigenvalue weighted by Crippen LogP contribution is 2.59. The van der Waals surface area contributed by atoms with Crippen LogP contribution in [-0.2, 0) is 80.9 Å². The van der Waals surface area contributed by atoms with E-state index in [0.29, 0.717) is 48.9 Å². The molecule has 1 aromatic heterocycles. The molecule has 7 N–H and O–H groups in total. The van der Waals surface area contributed by atoms with E-state index in [4.69, 9.17) is 20.3 Å². The molecule has 470 valence electrons. The smallest absolute Gasteiger partial charge is 0.391 e. The molecule has 0 unspecified atom stereocenters. The summed E-state index contributed by atoms with van der Waals surface area (Å²) in [6.07, 6.45) is 3.09. The van der Waals surface area contributed by atoms with Crippen LogP contribution in [0.4, 0.5) is 14.5 Å². The summed E-state index contributed by atoms with van der Waals surface area (Å²) in [5, 5.41) is 16.7. The highest BCUT2D eigenvalue weighted by molar-refractivity contribution is 7.52. The Morgan fingerprint density at radius 2 is 1.57 bits per heavy atom. The van der Waals surface area contributed by atoms with E-state index < -0.39 is 89.9 Å². The van der Waals surface area contributed by atoms with E-state index in [-0.39, 0.29) is 82.2 Å². The third-order valence-corrected chi connectivity index (χ3v) is 19.0. The van der Waals surface area contributed by atoms with Gasteiger partial charge in [0.2, 0.25) is 29.5 Å². The maximum absolute atomic E-state index is 14.5. The molecular formula is C66H79F2N6O12PS. The van der Waals surface area contributed by atoms with Crippen LogP contribution >= 0.6 is 18.9 Å². The summed E-state index contributed by atoms with van der Waals surface area (Å²) < 4.78 is 46.3. The largest absolute Gasteiger partial charge is 0.399 e. The number of primary amides is 1. The lowest BCUT2D eigenvalue weighted by atomic mass is 9.76. The zero-order valence-electron chi connectivity index (χ0n) is 50.5. The van der Waals surface area contributed by atoms with Crippen molar-refractivity contribution < 1.29 is 66.5 Å². The molecule has 1 saturated heterocycles. The zero-order valence-corrected chi connectivity index (χ0v) is 52.2. The van der Waals surface area contributed by atoms with Crippen molar-refractivity contribution in [2.45, 2.75) is 168 Å². The molecule has 0 bridgehead atoms.